The van der Waals surface area contributed by atoms with Gasteiger partial charge in [-0.1, -0.05) is 6.07 Å². The average Bonchev–Trinajstić information content (AvgIpc) is 2.81. The Bertz CT molecular complexity index is 564. The van der Waals surface area contributed by atoms with Gasteiger partial charge in [-0.25, -0.2) is 4.79 Å². The summed E-state index contributed by atoms with van der Waals surface area (Å²) >= 11 is 0. The fraction of sp³-hybridized carbons (Fsp3) is 0.182. The van der Waals surface area contributed by atoms with Crippen molar-refractivity contribution in [3.05, 3.63) is 23.8 Å². The Morgan fingerprint density at radius 3 is 2.68 bits per heavy atom. The highest BCUT2D eigenvalue weighted by molar-refractivity contribution is 6.36. The van der Waals surface area contributed by atoms with Crippen LogP contribution in [0.1, 0.15) is 5.56 Å². The predicted molar refractivity (Wildman–Crippen MR) is 67.1 cm³/mol. The number of nitrogens with two attached hydrogens (primary N) is 2. The molecule has 0 saturated heterocycles. The molecule has 0 bridgehead atoms. The van der Waals surface area contributed by atoms with E-state index in [1.54, 1.807) is 18.2 Å². The van der Waals surface area contributed by atoms with Crippen molar-refractivity contribution in [1.82, 2.24) is 0 Å². The molecule has 0 atom stereocenters. The van der Waals surface area contributed by atoms with Crippen LogP contribution in [-0.2, 0) is 11.2 Å². The minimum atomic E-state index is -1.19. The third-order valence-corrected chi connectivity index (χ3v) is 2.34. The van der Waals surface area contributed by atoms with E-state index in [0.717, 1.165) is 0 Å². The van der Waals surface area contributed by atoms with E-state index in [-0.39, 0.29) is 24.9 Å². The number of benzene rings is 1. The first kappa shape index (κ1) is 12.7. The lowest BCUT2D eigenvalue weighted by molar-refractivity contribution is -0.129. The number of aliphatic carboxylic acids is 1. The third kappa shape index (κ3) is 3.12. The van der Waals surface area contributed by atoms with Gasteiger partial charge in [0.05, 0.1) is 0 Å². The summed E-state index contributed by atoms with van der Waals surface area (Å²) in [6, 6.07) is 5.12. The molecule has 0 aliphatic carbocycles. The molecule has 0 spiro atoms. The van der Waals surface area contributed by atoms with Crippen molar-refractivity contribution in [3.63, 3.8) is 0 Å². The monoisotopic (exact) mass is 264 g/mol. The van der Waals surface area contributed by atoms with Crippen LogP contribution in [0.15, 0.2) is 28.4 Å². The number of ether oxygens (including phenoxy) is 2. The second-order valence-electron chi connectivity index (χ2n) is 3.74. The highest BCUT2D eigenvalue weighted by atomic mass is 16.7. The molecule has 1 aromatic rings. The van der Waals surface area contributed by atoms with E-state index in [2.05, 4.69) is 10.2 Å². The predicted octanol–water partition coefficient (Wildman–Crippen LogP) is -0.328. The van der Waals surface area contributed by atoms with Gasteiger partial charge in [0.2, 0.25) is 12.8 Å². The van der Waals surface area contributed by atoms with Gasteiger partial charge in [-0.3, -0.25) is 0 Å². The number of nitrogens with zero attached hydrogens (tertiary/aromatic N) is 2. The Labute approximate surface area is 108 Å². The second kappa shape index (κ2) is 5.25. The molecule has 1 aromatic carbocycles. The normalized spacial score (nSPS) is 13.2. The fourth-order valence-electron chi connectivity index (χ4n) is 1.52. The van der Waals surface area contributed by atoms with Crippen LogP contribution in [0.3, 0.4) is 0 Å². The molecule has 19 heavy (non-hydrogen) atoms. The summed E-state index contributed by atoms with van der Waals surface area (Å²) < 4.78 is 10.4. The van der Waals surface area contributed by atoms with Crippen LogP contribution in [0.2, 0.25) is 0 Å². The quantitative estimate of drug-likeness (QED) is 0.387. The molecule has 8 nitrogen and oxygen atoms in total. The molecular weight excluding hydrogens is 252 g/mol. The number of carbonyl (C=O) groups is 1. The van der Waals surface area contributed by atoms with Crippen molar-refractivity contribution in [2.75, 3.05) is 6.79 Å². The maximum absolute atomic E-state index is 11.0. The maximum Gasteiger partial charge on any atom is 0.352 e. The highest BCUT2D eigenvalue weighted by Crippen LogP contribution is 2.32. The van der Waals surface area contributed by atoms with Crippen LogP contribution in [0.5, 0.6) is 11.5 Å². The number of guanidine groups is 1. The van der Waals surface area contributed by atoms with Crippen molar-refractivity contribution in [3.8, 4) is 11.5 Å². The van der Waals surface area contributed by atoms with Gasteiger partial charge in [-0.2, -0.15) is 0 Å². The van der Waals surface area contributed by atoms with Crippen LogP contribution in [0.4, 0.5) is 0 Å². The molecule has 0 unspecified atom stereocenters. The van der Waals surface area contributed by atoms with E-state index in [9.17, 15) is 4.79 Å². The molecule has 0 amide bonds. The number of carboxylic acid groups (broad SMARTS) is 1. The van der Waals surface area contributed by atoms with Crippen molar-refractivity contribution in [1.29, 1.82) is 0 Å². The number of fused-ring (bicyclic) bond motifs is 1. The van der Waals surface area contributed by atoms with Crippen LogP contribution >= 0.6 is 0 Å². The fourth-order valence-corrected chi connectivity index (χ4v) is 1.52. The smallest absolute Gasteiger partial charge is 0.352 e. The molecule has 1 aliphatic heterocycles. The van der Waals surface area contributed by atoms with Crippen molar-refractivity contribution >= 4 is 17.6 Å². The Morgan fingerprint density at radius 1 is 1.26 bits per heavy atom. The van der Waals surface area contributed by atoms with Gasteiger partial charge >= 0.3 is 5.97 Å². The standard InChI is InChI=1S/C11H12N4O4/c12-11(13)15-14-7(10(16)17)3-6-1-2-8-9(4-6)19-5-18-8/h1-2,4H,3,5H2,(H,16,17)(H4,12,13,15)/b14-7-. The van der Waals surface area contributed by atoms with Gasteiger partial charge in [0.1, 0.15) is 0 Å². The van der Waals surface area contributed by atoms with E-state index in [0.29, 0.717) is 17.1 Å². The summed E-state index contributed by atoms with van der Waals surface area (Å²) in [5.74, 6) is -0.294. The number of rotatable bonds is 4. The summed E-state index contributed by atoms with van der Waals surface area (Å²) in [4.78, 5) is 11.0. The van der Waals surface area contributed by atoms with Crippen molar-refractivity contribution < 1.29 is 19.4 Å². The number of carboxylic acids is 1. The molecule has 0 saturated carbocycles. The Morgan fingerprint density at radius 2 is 2.00 bits per heavy atom. The van der Waals surface area contributed by atoms with E-state index >= 15 is 0 Å². The van der Waals surface area contributed by atoms with Gasteiger partial charge in [-0.15, -0.1) is 10.2 Å². The summed E-state index contributed by atoms with van der Waals surface area (Å²) in [7, 11) is 0. The lowest BCUT2D eigenvalue weighted by atomic mass is 10.1. The third-order valence-electron chi connectivity index (χ3n) is 2.34. The summed E-state index contributed by atoms with van der Waals surface area (Å²) in [5.41, 5.74) is 10.7. The Hall–Kier alpha value is -2.77. The topological polar surface area (TPSA) is 133 Å². The van der Waals surface area contributed by atoms with Gasteiger partial charge in [0.15, 0.2) is 17.2 Å². The number of hydrogen-bond acceptors (Lipinski definition) is 5. The van der Waals surface area contributed by atoms with E-state index in [1.165, 1.54) is 0 Å². The Kier molecular flexibility index (Phi) is 3.51. The molecule has 8 heteroatoms. The molecule has 5 N–H and O–H groups in total. The molecule has 1 heterocycles. The molecule has 0 fully saturated rings. The highest BCUT2D eigenvalue weighted by Gasteiger charge is 2.16. The van der Waals surface area contributed by atoms with Gasteiger partial charge in [0.25, 0.3) is 0 Å². The van der Waals surface area contributed by atoms with Crippen LogP contribution in [-0.4, -0.2) is 29.5 Å². The van der Waals surface area contributed by atoms with E-state index in [1.807, 2.05) is 0 Å². The van der Waals surface area contributed by atoms with Gasteiger partial charge in [0, 0.05) is 6.42 Å². The largest absolute Gasteiger partial charge is 0.477 e. The number of hydrogen-bond donors (Lipinski definition) is 3. The summed E-state index contributed by atoms with van der Waals surface area (Å²) in [6.45, 7) is 0.159. The first-order chi connectivity index (χ1) is 9.06. The first-order valence-electron chi connectivity index (χ1n) is 5.33. The van der Waals surface area contributed by atoms with Gasteiger partial charge < -0.3 is 26.0 Å². The van der Waals surface area contributed by atoms with Crippen LogP contribution < -0.4 is 20.9 Å². The molecule has 0 radical (unpaired) electrons. The Balaban J connectivity index is 2.20. The summed E-state index contributed by atoms with van der Waals surface area (Å²) in [6.07, 6.45) is 0.0722. The molecular formula is C11H12N4O4. The van der Waals surface area contributed by atoms with E-state index < -0.39 is 5.97 Å². The van der Waals surface area contributed by atoms with Crippen LogP contribution in [0.25, 0.3) is 0 Å². The maximum atomic E-state index is 11.0. The average molecular weight is 264 g/mol. The van der Waals surface area contributed by atoms with Gasteiger partial charge in [-0.05, 0) is 17.7 Å². The van der Waals surface area contributed by atoms with Crippen LogP contribution in [0, 0.1) is 0 Å². The molecule has 2 rings (SSSR count). The van der Waals surface area contributed by atoms with Crippen molar-refractivity contribution in [2.24, 2.45) is 21.7 Å². The zero-order valence-electron chi connectivity index (χ0n) is 9.87. The minimum Gasteiger partial charge on any atom is -0.477 e. The first-order valence-corrected chi connectivity index (χ1v) is 5.33. The lowest BCUT2D eigenvalue weighted by Gasteiger charge is -2.02. The SMILES string of the molecule is NC(N)=N/N=C(/Cc1ccc2c(c1)OCO2)C(=O)O. The minimum absolute atomic E-state index is 0.0722. The molecule has 0 aromatic heterocycles. The van der Waals surface area contributed by atoms with E-state index in [4.69, 9.17) is 26.0 Å². The zero-order valence-corrected chi connectivity index (χ0v) is 9.87. The molecule has 1 aliphatic rings. The second-order valence-corrected chi connectivity index (χ2v) is 3.74. The molecule has 100 valence electrons. The lowest BCUT2D eigenvalue weighted by Crippen LogP contribution is -2.23. The summed E-state index contributed by atoms with van der Waals surface area (Å²) in [5, 5.41) is 15.8. The zero-order chi connectivity index (χ0) is 13.8. The van der Waals surface area contributed by atoms with Crippen molar-refractivity contribution in [2.45, 2.75) is 6.42 Å².